The number of nitrogens with one attached hydrogen (secondary N) is 1. The minimum absolute atomic E-state index is 0.164. The van der Waals surface area contributed by atoms with Crippen molar-refractivity contribution in [1.29, 1.82) is 0 Å². The number of hydrogen-bond acceptors (Lipinski definition) is 5. The van der Waals surface area contributed by atoms with E-state index < -0.39 is 0 Å². The van der Waals surface area contributed by atoms with Crippen molar-refractivity contribution in [2.24, 2.45) is 7.05 Å². The molecule has 1 aromatic rings. The van der Waals surface area contributed by atoms with Gasteiger partial charge in [-0.15, -0.1) is 0 Å². The number of esters is 1. The molecule has 2 rings (SSSR count). The van der Waals surface area contributed by atoms with Crippen molar-refractivity contribution in [3.05, 3.63) is 12.4 Å². The van der Waals surface area contributed by atoms with E-state index >= 15 is 0 Å². The summed E-state index contributed by atoms with van der Waals surface area (Å²) in [5.41, 5.74) is 0. The summed E-state index contributed by atoms with van der Waals surface area (Å²) in [5.74, 6) is -0.178. The summed E-state index contributed by atoms with van der Waals surface area (Å²) < 4.78 is 6.69. The predicted octanol–water partition coefficient (Wildman–Crippen LogP) is 0.416. The van der Waals surface area contributed by atoms with Crippen LogP contribution in [0.1, 0.15) is 6.42 Å². The second-order valence-electron chi connectivity index (χ2n) is 3.78. The number of carbonyl (C=O) groups is 1. The fourth-order valence-electron chi connectivity index (χ4n) is 1.73. The highest BCUT2D eigenvalue weighted by atomic mass is 32.2. The van der Waals surface area contributed by atoms with E-state index in [1.165, 1.54) is 7.11 Å². The molecular weight excluding hydrogens is 226 g/mol. The number of ether oxygens (including phenoxy) is 1. The monoisotopic (exact) mass is 241 g/mol. The van der Waals surface area contributed by atoms with Crippen molar-refractivity contribution in [3.63, 3.8) is 0 Å². The molecule has 6 heteroatoms. The van der Waals surface area contributed by atoms with Crippen molar-refractivity contribution in [2.45, 2.75) is 22.9 Å². The third-order valence-corrected chi connectivity index (χ3v) is 3.92. The summed E-state index contributed by atoms with van der Waals surface area (Å²) in [7, 11) is 3.39. The topological polar surface area (TPSA) is 56.1 Å². The predicted molar refractivity (Wildman–Crippen MR) is 61.3 cm³/mol. The van der Waals surface area contributed by atoms with E-state index in [1.807, 2.05) is 17.8 Å². The second-order valence-corrected chi connectivity index (χ2v) is 5.05. The molecule has 0 unspecified atom stereocenters. The zero-order valence-electron chi connectivity index (χ0n) is 9.34. The summed E-state index contributed by atoms with van der Waals surface area (Å²) in [5, 5.41) is 4.52. The average Bonchev–Trinajstić information content (AvgIpc) is 2.89. The van der Waals surface area contributed by atoms with Crippen LogP contribution < -0.4 is 5.32 Å². The number of aryl methyl sites for hydroxylation is 1. The Balaban J connectivity index is 1.90. The van der Waals surface area contributed by atoms with E-state index in [9.17, 15) is 4.79 Å². The Morgan fingerprint density at radius 2 is 2.56 bits per heavy atom. The average molecular weight is 241 g/mol. The number of imidazole rings is 1. The van der Waals surface area contributed by atoms with Crippen molar-refractivity contribution < 1.29 is 9.53 Å². The van der Waals surface area contributed by atoms with E-state index in [2.05, 4.69) is 10.3 Å². The fraction of sp³-hybridized carbons (Fsp3) is 0.600. The summed E-state index contributed by atoms with van der Waals surface area (Å²) in [6, 6.07) is -0.164. The normalized spacial score (nSPS) is 24.6. The molecule has 0 saturated carbocycles. The van der Waals surface area contributed by atoms with Crippen LogP contribution in [0.15, 0.2) is 17.6 Å². The number of aromatic nitrogens is 2. The standard InChI is InChI=1S/C10H15N3O2S/c1-13-4-3-11-10(13)16-7-5-8(12-6-7)9(14)15-2/h3-4,7-8,12H,5-6H2,1-2H3/t7-,8-/m0/s1. The SMILES string of the molecule is COC(=O)[C@@H]1C[C@H](Sc2nccn2C)CN1. The Bertz CT molecular complexity index is 380. The molecule has 0 bridgehead atoms. The number of nitrogens with zero attached hydrogens (tertiary/aromatic N) is 2. The van der Waals surface area contributed by atoms with Gasteiger partial charge in [0.15, 0.2) is 5.16 Å². The van der Waals surface area contributed by atoms with Gasteiger partial charge in [0.1, 0.15) is 6.04 Å². The van der Waals surface area contributed by atoms with Gasteiger partial charge in [-0.25, -0.2) is 4.98 Å². The molecule has 1 aliphatic rings. The first-order chi connectivity index (χ1) is 7.70. The van der Waals surface area contributed by atoms with Crippen molar-refractivity contribution >= 4 is 17.7 Å². The first kappa shape index (κ1) is 11.5. The Kier molecular flexibility index (Phi) is 3.50. The maximum atomic E-state index is 11.3. The molecule has 1 aliphatic heterocycles. The zero-order valence-corrected chi connectivity index (χ0v) is 10.2. The zero-order chi connectivity index (χ0) is 11.5. The number of rotatable bonds is 3. The van der Waals surface area contributed by atoms with Gasteiger partial charge in [0.05, 0.1) is 7.11 Å². The number of methoxy groups -OCH3 is 1. The van der Waals surface area contributed by atoms with E-state index in [0.717, 1.165) is 18.1 Å². The van der Waals surface area contributed by atoms with Crippen molar-refractivity contribution in [3.8, 4) is 0 Å². The summed E-state index contributed by atoms with van der Waals surface area (Å²) in [4.78, 5) is 15.6. The van der Waals surface area contributed by atoms with Crippen LogP contribution in [0.3, 0.4) is 0 Å². The van der Waals surface area contributed by atoms with E-state index in [4.69, 9.17) is 4.74 Å². The molecule has 5 nitrogen and oxygen atoms in total. The van der Waals surface area contributed by atoms with Crippen LogP contribution >= 0.6 is 11.8 Å². The van der Waals surface area contributed by atoms with Crippen LogP contribution in [0.25, 0.3) is 0 Å². The van der Waals surface area contributed by atoms with Gasteiger partial charge < -0.3 is 14.6 Å². The number of thioether (sulfide) groups is 1. The van der Waals surface area contributed by atoms with Gasteiger partial charge in [-0.05, 0) is 6.42 Å². The lowest BCUT2D eigenvalue weighted by atomic mass is 10.2. The van der Waals surface area contributed by atoms with Gasteiger partial charge >= 0.3 is 5.97 Å². The molecule has 1 saturated heterocycles. The first-order valence-corrected chi connectivity index (χ1v) is 6.04. The van der Waals surface area contributed by atoms with Crippen LogP contribution in [-0.4, -0.2) is 40.5 Å². The van der Waals surface area contributed by atoms with Crippen molar-refractivity contribution in [1.82, 2.24) is 14.9 Å². The van der Waals surface area contributed by atoms with Gasteiger partial charge in [-0.1, -0.05) is 11.8 Å². The fourth-order valence-corrected chi connectivity index (χ4v) is 2.84. The molecule has 88 valence electrons. The third kappa shape index (κ3) is 2.38. The molecule has 1 fully saturated rings. The molecule has 0 amide bonds. The minimum atomic E-state index is -0.178. The van der Waals surface area contributed by atoms with E-state index in [-0.39, 0.29) is 12.0 Å². The van der Waals surface area contributed by atoms with E-state index in [0.29, 0.717) is 5.25 Å². The Hall–Kier alpha value is -1.01. The maximum Gasteiger partial charge on any atom is 0.322 e. The third-order valence-electron chi connectivity index (χ3n) is 2.63. The summed E-state index contributed by atoms with van der Waals surface area (Å²) in [6.45, 7) is 0.817. The molecule has 1 aromatic heterocycles. The summed E-state index contributed by atoms with van der Waals surface area (Å²) in [6.07, 6.45) is 4.50. The molecule has 0 aliphatic carbocycles. The molecule has 0 aromatic carbocycles. The Morgan fingerprint density at radius 3 is 3.19 bits per heavy atom. The molecule has 2 atom stereocenters. The van der Waals surface area contributed by atoms with Crippen LogP contribution in [0.5, 0.6) is 0 Å². The van der Waals surface area contributed by atoms with Gasteiger partial charge in [0.2, 0.25) is 0 Å². The van der Waals surface area contributed by atoms with Crippen molar-refractivity contribution in [2.75, 3.05) is 13.7 Å². The highest BCUT2D eigenvalue weighted by Gasteiger charge is 2.31. The van der Waals surface area contributed by atoms with Crippen LogP contribution in [0.2, 0.25) is 0 Å². The lowest BCUT2D eigenvalue weighted by molar-refractivity contribution is -0.142. The van der Waals surface area contributed by atoms with Gasteiger partial charge in [-0.3, -0.25) is 4.79 Å². The minimum Gasteiger partial charge on any atom is -0.468 e. The molecule has 1 N–H and O–H groups in total. The second kappa shape index (κ2) is 4.88. The first-order valence-electron chi connectivity index (χ1n) is 5.16. The number of hydrogen-bond donors (Lipinski definition) is 1. The molecular formula is C10H15N3O2S. The lowest BCUT2D eigenvalue weighted by Crippen LogP contribution is -2.31. The molecule has 0 radical (unpaired) electrons. The molecule has 16 heavy (non-hydrogen) atoms. The van der Waals surface area contributed by atoms with Crippen LogP contribution in [-0.2, 0) is 16.6 Å². The highest BCUT2D eigenvalue weighted by molar-refractivity contribution is 7.99. The van der Waals surface area contributed by atoms with Gasteiger partial charge in [0, 0.05) is 31.2 Å². The quantitative estimate of drug-likeness (QED) is 0.777. The largest absolute Gasteiger partial charge is 0.468 e. The van der Waals surface area contributed by atoms with Crippen LogP contribution in [0.4, 0.5) is 0 Å². The summed E-state index contributed by atoms with van der Waals surface area (Å²) >= 11 is 1.70. The number of carbonyl (C=O) groups excluding carboxylic acids is 1. The van der Waals surface area contributed by atoms with E-state index in [1.54, 1.807) is 18.0 Å². The highest BCUT2D eigenvalue weighted by Crippen LogP contribution is 2.27. The van der Waals surface area contributed by atoms with Gasteiger partial charge in [-0.2, -0.15) is 0 Å². The smallest absolute Gasteiger partial charge is 0.322 e. The Labute approximate surface area is 98.6 Å². The maximum absolute atomic E-state index is 11.3. The van der Waals surface area contributed by atoms with Crippen LogP contribution in [0, 0.1) is 0 Å². The Morgan fingerprint density at radius 1 is 1.75 bits per heavy atom. The molecule has 2 heterocycles. The molecule has 0 spiro atoms. The lowest BCUT2D eigenvalue weighted by Gasteiger charge is -2.08. The van der Waals surface area contributed by atoms with Gasteiger partial charge in [0.25, 0.3) is 0 Å².